The van der Waals surface area contributed by atoms with Crippen molar-refractivity contribution in [2.24, 2.45) is 0 Å². The maximum absolute atomic E-state index is 4.61. The van der Waals surface area contributed by atoms with Gasteiger partial charge in [0, 0.05) is 21.2 Å². The third kappa shape index (κ3) is 2.47. The molecule has 0 spiro atoms. The monoisotopic (exact) mass is 349 g/mol. The van der Waals surface area contributed by atoms with E-state index >= 15 is 0 Å². The van der Waals surface area contributed by atoms with Crippen molar-refractivity contribution in [1.82, 2.24) is 9.38 Å². The summed E-state index contributed by atoms with van der Waals surface area (Å²) in [6.07, 6.45) is 2.16. The highest BCUT2D eigenvalue weighted by molar-refractivity contribution is 9.10. The number of imidazole rings is 1. The third-order valence-electron chi connectivity index (χ3n) is 3.36. The first kappa shape index (κ1) is 13.6. The molecule has 104 valence electrons. The van der Waals surface area contributed by atoms with Crippen molar-refractivity contribution in [3.05, 3.63) is 50.7 Å². The first-order valence-corrected chi connectivity index (χ1v) is 8.09. The predicted octanol–water partition coefficient (Wildman–Crippen LogP) is 4.70. The van der Waals surface area contributed by atoms with Gasteiger partial charge in [-0.3, -0.25) is 4.40 Å². The summed E-state index contributed by atoms with van der Waals surface area (Å²) in [6, 6.07) is 6.31. The van der Waals surface area contributed by atoms with E-state index < -0.39 is 0 Å². The summed E-state index contributed by atoms with van der Waals surface area (Å²) in [5, 5.41) is 3.48. The van der Waals surface area contributed by atoms with E-state index in [-0.39, 0.29) is 0 Å². The van der Waals surface area contributed by atoms with Crippen molar-refractivity contribution in [1.29, 1.82) is 0 Å². The Morgan fingerprint density at radius 1 is 1.30 bits per heavy atom. The minimum absolute atomic E-state index is 0.782. The smallest absolute Gasteiger partial charge is 0.194 e. The average Bonchev–Trinajstić information content (AvgIpc) is 2.87. The highest BCUT2D eigenvalue weighted by Gasteiger charge is 2.10. The van der Waals surface area contributed by atoms with E-state index in [1.807, 2.05) is 0 Å². The molecule has 0 atom stereocenters. The van der Waals surface area contributed by atoms with Gasteiger partial charge in [-0.2, -0.15) is 0 Å². The number of nitrogens with zero attached hydrogens (tertiary/aromatic N) is 2. The number of thiazole rings is 1. The number of aromatic nitrogens is 2. The number of aryl methyl sites for hydroxylation is 3. The highest BCUT2D eigenvalue weighted by atomic mass is 79.9. The number of anilines is 1. The first-order valence-electron chi connectivity index (χ1n) is 6.48. The molecule has 20 heavy (non-hydrogen) atoms. The number of halogens is 1. The molecule has 3 aromatic rings. The molecule has 0 aliphatic carbocycles. The van der Waals surface area contributed by atoms with E-state index in [1.54, 1.807) is 11.3 Å². The average molecular weight is 350 g/mol. The molecule has 0 aliphatic rings. The number of nitrogens with one attached hydrogen (secondary N) is 1. The molecule has 3 rings (SSSR count). The lowest BCUT2D eigenvalue weighted by atomic mass is 10.2. The van der Waals surface area contributed by atoms with Crippen molar-refractivity contribution >= 4 is 37.9 Å². The molecule has 0 unspecified atom stereocenters. The molecule has 1 N–H and O–H groups in total. The Morgan fingerprint density at radius 2 is 2.10 bits per heavy atom. The molecule has 0 fully saturated rings. The van der Waals surface area contributed by atoms with Crippen molar-refractivity contribution in [2.75, 3.05) is 5.32 Å². The van der Waals surface area contributed by atoms with Crippen molar-refractivity contribution in [3.8, 4) is 0 Å². The summed E-state index contributed by atoms with van der Waals surface area (Å²) in [5.74, 6) is 0. The van der Waals surface area contributed by atoms with Crippen LogP contribution in [0.5, 0.6) is 0 Å². The van der Waals surface area contributed by atoms with Gasteiger partial charge in [-0.15, -0.1) is 11.3 Å². The van der Waals surface area contributed by atoms with Crippen LogP contribution in [0.25, 0.3) is 4.96 Å². The minimum Gasteiger partial charge on any atom is -0.379 e. The molecule has 0 saturated heterocycles. The number of benzene rings is 1. The molecule has 0 aliphatic heterocycles. The van der Waals surface area contributed by atoms with E-state index in [0.29, 0.717) is 0 Å². The zero-order chi connectivity index (χ0) is 14.3. The fraction of sp³-hybridized carbons (Fsp3) is 0.267. The summed E-state index contributed by atoms with van der Waals surface area (Å²) in [5.41, 5.74) is 4.69. The zero-order valence-corrected chi connectivity index (χ0v) is 14.1. The second kappa shape index (κ2) is 5.22. The highest BCUT2D eigenvalue weighted by Crippen LogP contribution is 2.23. The predicted molar refractivity (Wildman–Crippen MR) is 88.7 cm³/mol. The van der Waals surface area contributed by atoms with Crippen LogP contribution in [-0.4, -0.2) is 9.38 Å². The van der Waals surface area contributed by atoms with Gasteiger partial charge in [0.1, 0.15) is 0 Å². The summed E-state index contributed by atoms with van der Waals surface area (Å²) in [4.78, 5) is 6.97. The Balaban J connectivity index is 1.85. The van der Waals surface area contributed by atoms with Gasteiger partial charge in [0.25, 0.3) is 0 Å². The maximum Gasteiger partial charge on any atom is 0.194 e. The molecular formula is C15H16BrN3S. The first-order chi connectivity index (χ1) is 9.54. The molecule has 0 saturated carbocycles. The normalized spacial score (nSPS) is 11.2. The number of hydrogen-bond donors (Lipinski definition) is 1. The van der Waals surface area contributed by atoms with Crippen molar-refractivity contribution in [3.63, 3.8) is 0 Å². The fourth-order valence-corrected chi connectivity index (χ4v) is 3.40. The Morgan fingerprint density at radius 3 is 2.85 bits per heavy atom. The van der Waals surface area contributed by atoms with Gasteiger partial charge in [-0.05, 0) is 44.5 Å². The second-order valence-corrected chi connectivity index (χ2v) is 7.02. The van der Waals surface area contributed by atoms with Crippen LogP contribution >= 0.6 is 27.3 Å². The molecule has 1 aromatic carbocycles. The number of fused-ring (bicyclic) bond motifs is 1. The molecule has 2 heterocycles. The van der Waals surface area contributed by atoms with Crippen LogP contribution in [0.3, 0.4) is 0 Å². The largest absolute Gasteiger partial charge is 0.379 e. The van der Waals surface area contributed by atoms with Gasteiger partial charge in [0.2, 0.25) is 0 Å². The number of rotatable bonds is 3. The van der Waals surface area contributed by atoms with Crippen LogP contribution in [0.4, 0.5) is 5.69 Å². The second-order valence-electron chi connectivity index (χ2n) is 4.96. The zero-order valence-electron chi connectivity index (χ0n) is 11.7. The minimum atomic E-state index is 0.782. The molecule has 0 radical (unpaired) electrons. The molecule has 2 aromatic heterocycles. The summed E-state index contributed by atoms with van der Waals surface area (Å²) in [7, 11) is 0. The van der Waals surface area contributed by atoms with Crippen LogP contribution in [0.15, 0.2) is 28.9 Å². The Bertz CT molecular complexity index is 773. The van der Waals surface area contributed by atoms with E-state index in [9.17, 15) is 0 Å². The van der Waals surface area contributed by atoms with Gasteiger partial charge in [-0.1, -0.05) is 15.9 Å². The Kier molecular flexibility index (Phi) is 3.56. The maximum atomic E-state index is 4.61. The lowest BCUT2D eigenvalue weighted by molar-refractivity contribution is 0.991. The van der Waals surface area contributed by atoms with Crippen LogP contribution in [-0.2, 0) is 6.54 Å². The van der Waals surface area contributed by atoms with Crippen molar-refractivity contribution < 1.29 is 0 Å². The van der Waals surface area contributed by atoms with Crippen LogP contribution in [0.2, 0.25) is 0 Å². The fourth-order valence-electron chi connectivity index (χ4n) is 2.26. The summed E-state index contributed by atoms with van der Waals surface area (Å²) >= 11 is 5.26. The number of hydrogen-bond acceptors (Lipinski definition) is 3. The SMILES string of the molecule is Cc1cn2c(CNc3ccc(Br)c(C)c3)c(C)nc2s1. The van der Waals surface area contributed by atoms with Gasteiger partial charge in [-0.25, -0.2) is 4.98 Å². The van der Waals surface area contributed by atoms with Crippen LogP contribution in [0.1, 0.15) is 21.8 Å². The summed E-state index contributed by atoms with van der Waals surface area (Å²) < 4.78 is 3.33. The van der Waals surface area contributed by atoms with Crippen LogP contribution < -0.4 is 5.32 Å². The third-order valence-corrected chi connectivity index (χ3v) is 5.15. The van der Waals surface area contributed by atoms with Gasteiger partial charge >= 0.3 is 0 Å². The molecule has 0 bridgehead atoms. The van der Waals surface area contributed by atoms with Gasteiger partial charge in [0.15, 0.2) is 4.96 Å². The lowest BCUT2D eigenvalue weighted by Crippen LogP contribution is -2.03. The van der Waals surface area contributed by atoms with Crippen molar-refractivity contribution in [2.45, 2.75) is 27.3 Å². The van der Waals surface area contributed by atoms with Gasteiger partial charge in [0.05, 0.1) is 17.9 Å². The molecular weight excluding hydrogens is 334 g/mol. The Hall–Kier alpha value is -1.33. The van der Waals surface area contributed by atoms with E-state index in [2.05, 4.69) is 75.8 Å². The molecule has 0 amide bonds. The molecule has 5 heteroatoms. The Labute approximate surface area is 130 Å². The summed E-state index contributed by atoms with van der Waals surface area (Å²) in [6.45, 7) is 7.06. The standard InChI is InChI=1S/C15H16BrN3S/c1-9-6-12(4-5-13(9)16)17-7-14-11(3)18-15-19(14)8-10(2)20-15/h4-6,8,17H,7H2,1-3H3. The van der Waals surface area contributed by atoms with E-state index in [0.717, 1.165) is 27.4 Å². The lowest BCUT2D eigenvalue weighted by Gasteiger charge is -2.08. The van der Waals surface area contributed by atoms with Crippen LogP contribution in [0, 0.1) is 20.8 Å². The van der Waals surface area contributed by atoms with E-state index in [4.69, 9.17) is 0 Å². The topological polar surface area (TPSA) is 29.3 Å². The van der Waals surface area contributed by atoms with Gasteiger partial charge < -0.3 is 5.32 Å². The molecule has 3 nitrogen and oxygen atoms in total. The quantitative estimate of drug-likeness (QED) is 0.742. The van der Waals surface area contributed by atoms with E-state index in [1.165, 1.54) is 16.1 Å².